The molecule has 4 rings (SSSR count). The third kappa shape index (κ3) is 4.33. The van der Waals surface area contributed by atoms with Gasteiger partial charge in [0.1, 0.15) is 5.52 Å². The van der Waals surface area contributed by atoms with Crippen LogP contribution in [0.15, 0.2) is 30.5 Å². The molecule has 1 aromatic carbocycles. The Bertz CT molecular complexity index is 1060. The van der Waals surface area contributed by atoms with E-state index < -0.39 is 0 Å². The third-order valence-electron chi connectivity index (χ3n) is 5.40. The average Bonchev–Trinajstić information content (AvgIpc) is 3.04. The Morgan fingerprint density at radius 3 is 2.67 bits per heavy atom. The van der Waals surface area contributed by atoms with Gasteiger partial charge < -0.3 is 16.4 Å². The zero-order valence-corrected chi connectivity index (χ0v) is 17.9. The number of benzene rings is 1. The predicted octanol–water partition coefficient (Wildman–Crippen LogP) is 4.26. The molecule has 158 valence electrons. The van der Waals surface area contributed by atoms with E-state index in [1.807, 2.05) is 38.1 Å². The number of fused-ring (bicyclic) bond motifs is 1. The topological polar surface area (TPSA) is 111 Å². The SMILES string of the molecule is CC(C)Nc1ncc2nc(Nc3cccc(Cl)c3)n([C@H]3CC[C@@H](C(N)=O)CC3)c2n1. The maximum Gasteiger partial charge on any atom is 0.224 e. The van der Waals surface area contributed by atoms with Crippen LogP contribution in [0.5, 0.6) is 0 Å². The molecule has 0 atom stereocenters. The van der Waals surface area contributed by atoms with E-state index in [9.17, 15) is 4.79 Å². The zero-order valence-electron chi connectivity index (χ0n) is 17.1. The number of anilines is 3. The number of nitrogens with one attached hydrogen (secondary N) is 2. The van der Waals surface area contributed by atoms with Crippen LogP contribution >= 0.6 is 11.6 Å². The molecule has 0 radical (unpaired) electrons. The van der Waals surface area contributed by atoms with Crippen LogP contribution in [0.25, 0.3) is 11.2 Å². The first-order valence-corrected chi connectivity index (χ1v) is 10.6. The number of nitrogens with two attached hydrogens (primary N) is 1. The van der Waals surface area contributed by atoms with E-state index >= 15 is 0 Å². The second kappa shape index (κ2) is 8.47. The molecule has 4 N–H and O–H groups in total. The second-order valence-corrected chi connectivity index (χ2v) is 8.49. The molecule has 3 aromatic rings. The Labute approximate surface area is 180 Å². The molecular weight excluding hydrogens is 402 g/mol. The molecule has 8 nitrogen and oxygen atoms in total. The first kappa shape index (κ1) is 20.4. The Morgan fingerprint density at radius 1 is 1.23 bits per heavy atom. The van der Waals surface area contributed by atoms with Crippen LogP contribution in [-0.2, 0) is 4.79 Å². The number of halogens is 1. The monoisotopic (exact) mass is 427 g/mol. The van der Waals surface area contributed by atoms with Crippen molar-refractivity contribution in [2.24, 2.45) is 11.7 Å². The lowest BCUT2D eigenvalue weighted by Crippen LogP contribution is -2.28. The molecule has 0 bridgehead atoms. The average molecular weight is 428 g/mol. The van der Waals surface area contributed by atoms with Crippen LogP contribution < -0.4 is 16.4 Å². The van der Waals surface area contributed by atoms with Gasteiger partial charge in [-0.2, -0.15) is 4.98 Å². The Morgan fingerprint density at radius 2 is 2.00 bits per heavy atom. The highest BCUT2D eigenvalue weighted by atomic mass is 35.5. The summed E-state index contributed by atoms with van der Waals surface area (Å²) in [6.07, 6.45) is 4.93. The second-order valence-electron chi connectivity index (χ2n) is 8.05. The van der Waals surface area contributed by atoms with Crippen molar-refractivity contribution < 1.29 is 4.79 Å². The van der Waals surface area contributed by atoms with Gasteiger partial charge in [-0.15, -0.1) is 0 Å². The number of nitrogens with zero attached hydrogens (tertiary/aromatic N) is 4. The minimum atomic E-state index is -0.216. The lowest BCUT2D eigenvalue weighted by molar-refractivity contribution is -0.122. The Kier molecular flexibility index (Phi) is 5.76. The predicted molar refractivity (Wildman–Crippen MR) is 119 cm³/mol. The maximum absolute atomic E-state index is 11.6. The first-order valence-electron chi connectivity index (χ1n) is 10.2. The van der Waals surface area contributed by atoms with Crippen molar-refractivity contribution in [2.45, 2.75) is 51.6 Å². The smallest absolute Gasteiger partial charge is 0.224 e. The van der Waals surface area contributed by atoms with Gasteiger partial charge in [0.05, 0.1) is 6.20 Å². The van der Waals surface area contributed by atoms with Gasteiger partial charge in [-0.3, -0.25) is 9.36 Å². The van der Waals surface area contributed by atoms with E-state index in [0.29, 0.717) is 22.4 Å². The quantitative estimate of drug-likeness (QED) is 0.542. The highest BCUT2D eigenvalue weighted by molar-refractivity contribution is 6.30. The first-order chi connectivity index (χ1) is 14.4. The highest BCUT2D eigenvalue weighted by Crippen LogP contribution is 2.37. The molecule has 0 aliphatic heterocycles. The molecule has 9 heteroatoms. The number of hydrogen-bond acceptors (Lipinski definition) is 6. The van der Waals surface area contributed by atoms with Crippen LogP contribution in [0.2, 0.25) is 5.02 Å². The number of rotatable bonds is 6. The van der Waals surface area contributed by atoms with Gasteiger partial charge in [-0.05, 0) is 57.7 Å². The molecule has 0 unspecified atom stereocenters. The molecule has 0 saturated heterocycles. The standard InChI is InChI=1S/C21H26ClN7O/c1-12(2)25-20-24-11-17-19(28-20)29(16-8-6-13(7-9-16)18(23)30)21(27-17)26-15-5-3-4-14(22)10-15/h3-5,10-13,16H,6-9H2,1-2H3,(H2,23,30)(H,26,27)(H,24,25,28)/t13-,16+. The highest BCUT2D eigenvalue weighted by Gasteiger charge is 2.29. The summed E-state index contributed by atoms with van der Waals surface area (Å²) in [5, 5.41) is 7.28. The lowest BCUT2D eigenvalue weighted by atomic mass is 9.85. The van der Waals surface area contributed by atoms with E-state index in [2.05, 4.69) is 20.2 Å². The van der Waals surface area contributed by atoms with Crippen LogP contribution in [0.4, 0.5) is 17.6 Å². The Balaban J connectivity index is 1.73. The number of imidazole rings is 1. The van der Waals surface area contributed by atoms with Crippen molar-refractivity contribution in [3.63, 3.8) is 0 Å². The molecule has 30 heavy (non-hydrogen) atoms. The summed E-state index contributed by atoms with van der Waals surface area (Å²) >= 11 is 6.15. The minimum Gasteiger partial charge on any atom is -0.369 e. The van der Waals surface area contributed by atoms with E-state index in [0.717, 1.165) is 37.0 Å². The van der Waals surface area contributed by atoms with Gasteiger partial charge >= 0.3 is 0 Å². The summed E-state index contributed by atoms with van der Waals surface area (Å²) < 4.78 is 2.13. The fourth-order valence-corrected chi connectivity index (χ4v) is 4.16. The molecule has 0 spiro atoms. The van der Waals surface area contributed by atoms with Crippen LogP contribution in [0, 0.1) is 5.92 Å². The van der Waals surface area contributed by atoms with E-state index in [4.69, 9.17) is 27.3 Å². The molecule has 1 aliphatic rings. The van der Waals surface area contributed by atoms with Crippen LogP contribution in [0.1, 0.15) is 45.6 Å². The van der Waals surface area contributed by atoms with Gasteiger partial charge in [-0.25, -0.2) is 9.97 Å². The van der Waals surface area contributed by atoms with Crippen LogP contribution in [0.3, 0.4) is 0 Å². The van der Waals surface area contributed by atoms with Gasteiger partial charge in [0.15, 0.2) is 5.65 Å². The van der Waals surface area contributed by atoms with Crippen molar-refractivity contribution in [3.8, 4) is 0 Å². The molecule has 1 fully saturated rings. The number of amides is 1. The minimum absolute atomic E-state index is 0.0619. The van der Waals surface area contributed by atoms with E-state index in [-0.39, 0.29) is 23.9 Å². The normalized spacial score (nSPS) is 19.2. The lowest BCUT2D eigenvalue weighted by Gasteiger charge is -2.29. The number of hydrogen-bond donors (Lipinski definition) is 3. The fraction of sp³-hybridized carbons (Fsp3) is 0.429. The largest absolute Gasteiger partial charge is 0.369 e. The van der Waals surface area contributed by atoms with Crippen molar-refractivity contribution in [1.82, 2.24) is 19.5 Å². The van der Waals surface area contributed by atoms with Crippen molar-refractivity contribution in [1.29, 1.82) is 0 Å². The molecule has 1 aliphatic carbocycles. The summed E-state index contributed by atoms with van der Waals surface area (Å²) in [7, 11) is 0. The summed E-state index contributed by atoms with van der Waals surface area (Å²) in [4.78, 5) is 25.5. The van der Waals surface area contributed by atoms with Gasteiger partial charge in [-0.1, -0.05) is 17.7 Å². The number of primary amides is 1. The van der Waals surface area contributed by atoms with Crippen molar-refractivity contribution in [2.75, 3.05) is 10.6 Å². The summed E-state index contributed by atoms with van der Waals surface area (Å²) in [5.74, 6) is 0.977. The van der Waals surface area contributed by atoms with E-state index in [1.54, 1.807) is 6.20 Å². The summed E-state index contributed by atoms with van der Waals surface area (Å²) in [6.45, 7) is 4.09. The van der Waals surface area contributed by atoms with Crippen molar-refractivity contribution in [3.05, 3.63) is 35.5 Å². The van der Waals surface area contributed by atoms with Gasteiger partial charge in [0.25, 0.3) is 0 Å². The zero-order chi connectivity index (χ0) is 21.3. The summed E-state index contributed by atoms with van der Waals surface area (Å²) in [5.41, 5.74) is 7.85. The molecule has 1 amide bonds. The van der Waals surface area contributed by atoms with E-state index in [1.165, 1.54) is 0 Å². The summed E-state index contributed by atoms with van der Waals surface area (Å²) in [6, 6.07) is 7.89. The number of aromatic nitrogens is 4. The van der Waals surface area contributed by atoms with Crippen molar-refractivity contribution >= 4 is 46.3 Å². The van der Waals surface area contributed by atoms with Gasteiger partial charge in [0, 0.05) is 28.7 Å². The molecular formula is C21H26ClN7O. The Hall–Kier alpha value is -2.87. The molecule has 2 aromatic heterocycles. The van der Waals surface area contributed by atoms with Crippen LogP contribution in [-0.4, -0.2) is 31.5 Å². The number of carbonyl (C=O) groups is 1. The molecule has 1 saturated carbocycles. The number of carbonyl (C=O) groups excluding carboxylic acids is 1. The van der Waals surface area contributed by atoms with Gasteiger partial charge in [0.2, 0.25) is 17.8 Å². The molecule has 2 heterocycles. The third-order valence-corrected chi connectivity index (χ3v) is 5.63. The maximum atomic E-state index is 11.6. The fourth-order valence-electron chi connectivity index (χ4n) is 3.97.